The maximum atomic E-state index is 12.5. The van der Waals surface area contributed by atoms with Crippen molar-refractivity contribution in [3.8, 4) is 17.2 Å². The van der Waals surface area contributed by atoms with Gasteiger partial charge in [-0.05, 0) is 42.8 Å². The zero-order valence-corrected chi connectivity index (χ0v) is 14.8. The van der Waals surface area contributed by atoms with E-state index in [0.29, 0.717) is 24.8 Å². The SMILES string of the molecule is COc1ccc(NC(=O)N2CCC(c3noc(-c4cccnc4)n3)C2)cc1. The molecule has 1 atom stereocenters. The molecule has 8 heteroatoms. The van der Waals surface area contributed by atoms with E-state index in [2.05, 4.69) is 20.4 Å². The van der Waals surface area contributed by atoms with E-state index in [0.717, 1.165) is 23.4 Å². The minimum absolute atomic E-state index is 0.0563. The molecule has 138 valence electrons. The van der Waals surface area contributed by atoms with Gasteiger partial charge in [0.1, 0.15) is 5.75 Å². The van der Waals surface area contributed by atoms with Gasteiger partial charge < -0.3 is 19.5 Å². The first-order valence-corrected chi connectivity index (χ1v) is 8.67. The van der Waals surface area contributed by atoms with Gasteiger partial charge in [0.2, 0.25) is 0 Å². The summed E-state index contributed by atoms with van der Waals surface area (Å²) in [5, 5.41) is 6.98. The first kappa shape index (κ1) is 17.0. The molecule has 8 nitrogen and oxygen atoms in total. The summed E-state index contributed by atoms with van der Waals surface area (Å²) < 4.78 is 10.5. The summed E-state index contributed by atoms with van der Waals surface area (Å²) in [6.07, 6.45) is 4.17. The molecule has 4 rings (SSSR count). The molecule has 1 saturated heterocycles. The Morgan fingerprint density at radius 1 is 1.30 bits per heavy atom. The highest BCUT2D eigenvalue weighted by Gasteiger charge is 2.30. The van der Waals surface area contributed by atoms with Crippen LogP contribution in [0.1, 0.15) is 18.2 Å². The minimum Gasteiger partial charge on any atom is -0.497 e. The van der Waals surface area contributed by atoms with Gasteiger partial charge in [0.15, 0.2) is 5.82 Å². The number of carbonyl (C=O) groups is 1. The second-order valence-electron chi connectivity index (χ2n) is 6.29. The number of carbonyl (C=O) groups excluding carboxylic acids is 1. The standard InChI is InChI=1S/C19H19N5O3/c1-26-16-6-4-15(5-7-16)21-19(25)24-10-8-14(12-24)17-22-18(27-23-17)13-3-2-9-20-11-13/h2-7,9,11,14H,8,10,12H2,1H3,(H,21,25). The third-order valence-corrected chi connectivity index (χ3v) is 4.53. The molecular weight excluding hydrogens is 346 g/mol. The Morgan fingerprint density at radius 3 is 2.89 bits per heavy atom. The maximum absolute atomic E-state index is 12.5. The molecular formula is C19H19N5O3. The third kappa shape index (κ3) is 3.74. The van der Waals surface area contributed by atoms with Crippen LogP contribution in [-0.4, -0.2) is 46.3 Å². The molecule has 2 amide bonds. The van der Waals surface area contributed by atoms with Gasteiger partial charge >= 0.3 is 6.03 Å². The third-order valence-electron chi connectivity index (χ3n) is 4.53. The predicted octanol–water partition coefficient (Wildman–Crippen LogP) is 3.16. The zero-order chi connectivity index (χ0) is 18.6. The Morgan fingerprint density at radius 2 is 2.15 bits per heavy atom. The number of ether oxygens (including phenoxy) is 1. The number of nitrogens with zero attached hydrogens (tertiary/aromatic N) is 4. The number of aromatic nitrogens is 3. The summed E-state index contributed by atoms with van der Waals surface area (Å²) in [6, 6.07) is 10.8. The second kappa shape index (κ2) is 7.45. The highest BCUT2D eigenvalue weighted by atomic mass is 16.5. The van der Waals surface area contributed by atoms with Crippen molar-refractivity contribution in [3.05, 3.63) is 54.6 Å². The van der Waals surface area contributed by atoms with Crippen LogP contribution in [0.4, 0.5) is 10.5 Å². The van der Waals surface area contributed by atoms with Crippen molar-refractivity contribution in [2.75, 3.05) is 25.5 Å². The number of likely N-dealkylation sites (tertiary alicyclic amines) is 1. The van der Waals surface area contributed by atoms with Crippen molar-refractivity contribution in [3.63, 3.8) is 0 Å². The fourth-order valence-electron chi connectivity index (χ4n) is 3.04. The molecule has 3 heterocycles. The van der Waals surface area contributed by atoms with Crippen LogP contribution in [0.5, 0.6) is 5.75 Å². The van der Waals surface area contributed by atoms with Crippen LogP contribution in [0.25, 0.3) is 11.5 Å². The van der Waals surface area contributed by atoms with Gasteiger partial charge in [-0.25, -0.2) is 4.79 Å². The number of rotatable bonds is 4. The Hall–Kier alpha value is -3.42. The van der Waals surface area contributed by atoms with E-state index in [9.17, 15) is 4.79 Å². The van der Waals surface area contributed by atoms with Crippen molar-refractivity contribution in [2.45, 2.75) is 12.3 Å². The molecule has 1 N–H and O–H groups in total. The highest BCUT2D eigenvalue weighted by Crippen LogP contribution is 2.27. The number of pyridine rings is 1. The van der Waals surface area contributed by atoms with Gasteiger partial charge in [-0.1, -0.05) is 5.16 Å². The molecule has 0 radical (unpaired) electrons. The number of methoxy groups -OCH3 is 1. The van der Waals surface area contributed by atoms with Crippen LogP contribution >= 0.6 is 0 Å². The van der Waals surface area contributed by atoms with Crippen molar-refractivity contribution in [2.24, 2.45) is 0 Å². The quantitative estimate of drug-likeness (QED) is 0.763. The lowest BCUT2D eigenvalue weighted by Crippen LogP contribution is -2.32. The fourth-order valence-corrected chi connectivity index (χ4v) is 3.04. The summed E-state index contributed by atoms with van der Waals surface area (Å²) in [5.41, 5.74) is 1.51. The van der Waals surface area contributed by atoms with Gasteiger partial charge in [0.05, 0.1) is 12.7 Å². The number of hydrogen-bond acceptors (Lipinski definition) is 6. The number of urea groups is 1. The van der Waals surface area contributed by atoms with E-state index < -0.39 is 0 Å². The largest absolute Gasteiger partial charge is 0.497 e. The minimum atomic E-state index is -0.140. The van der Waals surface area contributed by atoms with Crippen LogP contribution in [0.2, 0.25) is 0 Å². The Kier molecular flexibility index (Phi) is 4.69. The lowest BCUT2D eigenvalue weighted by atomic mass is 10.1. The van der Waals surface area contributed by atoms with Crippen molar-refractivity contribution in [1.82, 2.24) is 20.0 Å². The van der Waals surface area contributed by atoms with Crippen LogP contribution < -0.4 is 10.1 Å². The van der Waals surface area contributed by atoms with Crippen LogP contribution in [-0.2, 0) is 0 Å². The van der Waals surface area contributed by atoms with Gasteiger partial charge in [0.25, 0.3) is 5.89 Å². The van der Waals surface area contributed by atoms with Gasteiger partial charge in [-0.15, -0.1) is 0 Å². The molecule has 3 aromatic rings. The second-order valence-corrected chi connectivity index (χ2v) is 6.29. The van der Waals surface area contributed by atoms with Gasteiger partial charge in [-0.3, -0.25) is 4.98 Å². The number of hydrogen-bond donors (Lipinski definition) is 1. The van der Waals surface area contributed by atoms with Crippen molar-refractivity contribution >= 4 is 11.7 Å². The monoisotopic (exact) mass is 365 g/mol. The van der Waals surface area contributed by atoms with Crippen molar-refractivity contribution < 1.29 is 14.1 Å². The molecule has 1 unspecified atom stereocenters. The molecule has 0 bridgehead atoms. The summed E-state index contributed by atoms with van der Waals surface area (Å²) in [5.74, 6) is 1.87. The summed E-state index contributed by atoms with van der Waals surface area (Å²) in [4.78, 5) is 22.8. The lowest BCUT2D eigenvalue weighted by Gasteiger charge is -2.17. The van der Waals surface area contributed by atoms with Crippen LogP contribution in [0.3, 0.4) is 0 Å². The first-order valence-electron chi connectivity index (χ1n) is 8.67. The van der Waals surface area contributed by atoms with Crippen molar-refractivity contribution in [1.29, 1.82) is 0 Å². The Balaban J connectivity index is 1.38. The topological polar surface area (TPSA) is 93.4 Å². The first-order chi connectivity index (χ1) is 13.2. The average molecular weight is 365 g/mol. The fraction of sp³-hybridized carbons (Fsp3) is 0.263. The molecule has 0 spiro atoms. The number of nitrogens with one attached hydrogen (secondary N) is 1. The summed E-state index contributed by atoms with van der Waals surface area (Å²) >= 11 is 0. The molecule has 0 aliphatic carbocycles. The molecule has 2 aromatic heterocycles. The highest BCUT2D eigenvalue weighted by molar-refractivity contribution is 5.89. The van der Waals surface area contributed by atoms with Crippen LogP contribution in [0, 0.1) is 0 Å². The van der Waals surface area contributed by atoms with E-state index in [1.165, 1.54) is 0 Å². The Labute approximate surface area is 156 Å². The molecule has 1 aliphatic rings. The summed E-state index contributed by atoms with van der Waals surface area (Å²) in [7, 11) is 1.61. The number of amides is 2. The van der Waals surface area contributed by atoms with Crippen LogP contribution in [0.15, 0.2) is 53.3 Å². The maximum Gasteiger partial charge on any atom is 0.321 e. The van der Waals surface area contributed by atoms with Gasteiger partial charge in [0, 0.05) is 37.1 Å². The molecule has 0 saturated carbocycles. The number of anilines is 1. The Bertz CT molecular complexity index is 911. The van der Waals surface area contributed by atoms with E-state index >= 15 is 0 Å². The summed E-state index contributed by atoms with van der Waals surface area (Å²) in [6.45, 7) is 1.19. The van der Waals surface area contributed by atoms with E-state index in [1.54, 1.807) is 24.4 Å². The lowest BCUT2D eigenvalue weighted by molar-refractivity contribution is 0.222. The molecule has 1 aromatic carbocycles. The van der Waals surface area contributed by atoms with E-state index in [1.807, 2.05) is 36.4 Å². The zero-order valence-electron chi connectivity index (χ0n) is 14.8. The van der Waals surface area contributed by atoms with Gasteiger partial charge in [-0.2, -0.15) is 4.98 Å². The van der Waals surface area contributed by atoms with E-state index in [-0.39, 0.29) is 11.9 Å². The smallest absolute Gasteiger partial charge is 0.321 e. The molecule has 1 fully saturated rings. The van der Waals surface area contributed by atoms with E-state index in [4.69, 9.17) is 9.26 Å². The molecule has 27 heavy (non-hydrogen) atoms. The number of benzene rings is 1. The predicted molar refractivity (Wildman–Crippen MR) is 98.5 cm³/mol. The normalized spacial score (nSPS) is 16.3. The molecule has 1 aliphatic heterocycles. The average Bonchev–Trinajstić information content (AvgIpc) is 3.39.